The summed E-state index contributed by atoms with van der Waals surface area (Å²) in [5.41, 5.74) is 1.53. The maximum atomic E-state index is 10.9. The molecule has 156 valence electrons. The first-order valence-electron chi connectivity index (χ1n) is 9.46. The molecule has 3 rings (SSSR count). The Bertz CT molecular complexity index is 842. The van der Waals surface area contributed by atoms with Crippen LogP contribution in [0, 0.1) is 5.41 Å². The fraction of sp³-hybridized carbons (Fsp3) is 0.450. The van der Waals surface area contributed by atoms with E-state index >= 15 is 0 Å². The monoisotopic (exact) mass is 418 g/mol. The smallest absolute Gasteiger partial charge is 0.260 e. The van der Waals surface area contributed by atoms with Crippen LogP contribution < -0.4 is 0 Å². The van der Waals surface area contributed by atoms with Crippen LogP contribution in [0.1, 0.15) is 36.8 Å². The Morgan fingerprint density at radius 3 is 2.97 bits per heavy atom. The molecule has 3 N–H and O–H groups in total. The van der Waals surface area contributed by atoms with Crippen molar-refractivity contribution in [3.8, 4) is 0 Å². The molecule has 2 heterocycles. The second-order valence-corrected chi connectivity index (χ2v) is 7.36. The van der Waals surface area contributed by atoms with Crippen LogP contribution in [0.2, 0.25) is 0 Å². The number of aliphatic hydroxyl groups is 1. The summed E-state index contributed by atoms with van der Waals surface area (Å²) in [5.74, 6) is -0.903. The van der Waals surface area contributed by atoms with Crippen molar-refractivity contribution in [2.75, 3.05) is 19.5 Å². The zero-order valence-electron chi connectivity index (χ0n) is 16.6. The van der Waals surface area contributed by atoms with Crippen LogP contribution in [0.25, 0.3) is 0 Å². The van der Waals surface area contributed by atoms with Crippen molar-refractivity contribution in [3.63, 3.8) is 0 Å². The lowest BCUT2D eigenvalue weighted by atomic mass is 10.1. The number of H-pyrrole nitrogens is 1. The number of thioether (sulfide) groups is 1. The molecule has 1 aliphatic rings. The SMILES string of the molecule is CCOC(=NC(=N)SC)c1ncc([C@@]2(O)CC[C@@H](COCc3ccccc3)O2)[nH]1. The normalized spacial score (nSPS) is 22.0. The van der Waals surface area contributed by atoms with Gasteiger partial charge < -0.3 is 24.3 Å². The minimum absolute atomic E-state index is 0.109. The molecule has 0 aliphatic carbocycles. The van der Waals surface area contributed by atoms with E-state index in [4.69, 9.17) is 19.6 Å². The highest BCUT2D eigenvalue weighted by molar-refractivity contribution is 8.13. The lowest BCUT2D eigenvalue weighted by molar-refractivity contribution is -0.210. The van der Waals surface area contributed by atoms with Gasteiger partial charge in [-0.15, -0.1) is 0 Å². The summed E-state index contributed by atoms with van der Waals surface area (Å²) in [6.45, 7) is 3.12. The second kappa shape index (κ2) is 10.0. The molecule has 1 aromatic carbocycles. The van der Waals surface area contributed by atoms with E-state index in [0.717, 1.165) is 5.56 Å². The largest absolute Gasteiger partial charge is 0.475 e. The van der Waals surface area contributed by atoms with E-state index in [1.165, 1.54) is 18.0 Å². The molecular formula is C20H26N4O4S. The summed E-state index contributed by atoms with van der Waals surface area (Å²) in [6.07, 6.45) is 4.16. The van der Waals surface area contributed by atoms with Gasteiger partial charge in [-0.25, -0.2) is 4.98 Å². The summed E-state index contributed by atoms with van der Waals surface area (Å²) in [5, 5.41) is 18.8. The minimum Gasteiger partial charge on any atom is -0.475 e. The van der Waals surface area contributed by atoms with Gasteiger partial charge in [-0.1, -0.05) is 42.1 Å². The number of rotatable bonds is 7. The van der Waals surface area contributed by atoms with Gasteiger partial charge in [-0.3, -0.25) is 5.41 Å². The van der Waals surface area contributed by atoms with Gasteiger partial charge in [0.15, 0.2) is 11.0 Å². The highest BCUT2D eigenvalue weighted by atomic mass is 32.2. The van der Waals surface area contributed by atoms with E-state index in [2.05, 4.69) is 15.0 Å². The number of aromatic nitrogens is 2. The van der Waals surface area contributed by atoms with Gasteiger partial charge in [0.25, 0.3) is 5.90 Å². The first kappa shape index (κ1) is 21.5. The molecule has 0 saturated carbocycles. The lowest BCUT2D eigenvalue weighted by Gasteiger charge is -2.21. The summed E-state index contributed by atoms with van der Waals surface area (Å²) >= 11 is 1.20. The van der Waals surface area contributed by atoms with Crippen LogP contribution >= 0.6 is 11.8 Å². The number of aliphatic imine (C=N–C) groups is 1. The average Bonchev–Trinajstić information content (AvgIpc) is 3.37. The lowest BCUT2D eigenvalue weighted by Crippen LogP contribution is -2.28. The Morgan fingerprint density at radius 1 is 1.45 bits per heavy atom. The predicted octanol–water partition coefficient (Wildman–Crippen LogP) is 3.03. The molecule has 0 spiro atoms. The van der Waals surface area contributed by atoms with Crippen molar-refractivity contribution in [1.29, 1.82) is 5.41 Å². The fourth-order valence-electron chi connectivity index (χ4n) is 3.00. The Labute approximate surface area is 174 Å². The Kier molecular flexibility index (Phi) is 7.43. The third-order valence-corrected chi connectivity index (χ3v) is 4.94. The number of nitrogens with one attached hydrogen (secondary N) is 2. The van der Waals surface area contributed by atoms with Crippen LogP contribution in [0.3, 0.4) is 0 Å². The number of aromatic amines is 1. The van der Waals surface area contributed by atoms with Crippen molar-refractivity contribution in [1.82, 2.24) is 9.97 Å². The quantitative estimate of drug-likeness (QED) is 0.471. The summed E-state index contributed by atoms with van der Waals surface area (Å²) in [7, 11) is 0. The topological polar surface area (TPSA) is 113 Å². The first-order valence-corrected chi connectivity index (χ1v) is 10.7. The van der Waals surface area contributed by atoms with Crippen molar-refractivity contribution in [2.24, 2.45) is 4.99 Å². The molecule has 29 heavy (non-hydrogen) atoms. The van der Waals surface area contributed by atoms with E-state index in [9.17, 15) is 5.11 Å². The number of benzene rings is 1. The fourth-order valence-corrected chi connectivity index (χ4v) is 3.18. The molecular weight excluding hydrogens is 392 g/mol. The Balaban J connectivity index is 1.60. The summed E-state index contributed by atoms with van der Waals surface area (Å²) in [6, 6.07) is 9.92. The van der Waals surface area contributed by atoms with E-state index in [1.54, 1.807) is 6.26 Å². The van der Waals surface area contributed by atoms with Gasteiger partial charge in [0.05, 0.1) is 37.8 Å². The van der Waals surface area contributed by atoms with Crippen molar-refractivity contribution >= 4 is 22.8 Å². The second-order valence-electron chi connectivity index (χ2n) is 6.57. The van der Waals surface area contributed by atoms with Gasteiger partial charge in [0.2, 0.25) is 5.79 Å². The minimum atomic E-state index is -1.46. The number of ether oxygens (including phenoxy) is 3. The van der Waals surface area contributed by atoms with E-state index in [1.807, 2.05) is 37.3 Å². The molecule has 0 unspecified atom stereocenters. The van der Waals surface area contributed by atoms with E-state index in [0.29, 0.717) is 44.2 Å². The predicted molar refractivity (Wildman–Crippen MR) is 112 cm³/mol. The summed E-state index contributed by atoms with van der Waals surface area (Å²) in [4.78, 5) is 11.4. The maximum Gasteiger partial charge on any atom is 0.260 e. The third-order valence-electron chi connectivity index (χ3n) is 4.46. The molecule has 1 fully saturated rings. The van der Waals surface area contributed by atoms with Crippen LogP contribution in [-0.4, -0.2) is 51.7 Å². The molecule has 2 atom stereocenters. The van der Waals surface area contributed by atoms with E-state index < -0.39 is 5.79 Å². The van der Waals surface area contributed by atoms with Gasteiger partial charge in [0, 0.05) is 6.42 Å². The highest BCUT2D eigenvalue weighted by Crippen LogP contribution is 2.36. The molecule has 0 radical (unpaired) electrons. The van der Waals surface area contributed by atoms with Crippen molar-refractivity contribution in [2.45, 2.75) is 38.3 Å². The number of amidine groups is 1. The van der Waals surface area contributed by atoms with Crippen LogP contribution in [-0.2, 0) is 26.6 Å². The number of imidazole rings is 1. The third kappa shape index (κ3) is 5.66. The maximum absolute atomic E-state index is 10.9. The number of hydrogen-bond acceptors (Lipinski definition) is 7. The molecule has 8 nitrogen and oxygen atoms in total. The number of nitrogens with zero attached hydrogens (tertiary/aromatic N) is 2. The highest BCUT2D eigenvalue weighted by Gasteiger charge is 2.41. The van der Waals surface area contributed by atoms with E-state index in [-0.39, 0.29) is 17.2 Å². The number of hydrogen-bond donors (Lipinski definition) is 3. The molecule has 2 aromatic rings. The molecule has 1 saturated heterocycles. The van der Waals surface area contributed by atoms with Crippen molar-refractivity contribution < 1.29 is 19.3 Å². The first-order chi connectivity index (χ1) is 14.0. The Hall–Kier alpha value is -2.20. The molecule has 0 bridgehead atoms. The van der Waals surface area contributed by atoms with Crippen LogP contribution in [0.4, 0.5) is 0 Å². The Morgan fingerprint density at radius 2 is 2.24 bits per heavy atom. The zero-order valence-corrected chi connectivity index (χ0v) is 17.4. The van der Waals surface area contributed by atoms with Gasteiger partial charge in [0.1, 0.15) is 0 Å². The average molecular weight is 419 g/mol. The van der Waals surface area contributed by atoms with Crippen LogP contribution in [0.15, 0.2) is 41.5 Å². The molecule has 1 aliphatic heterocycles. The molecule has 1 aromatic heterocycles. The zero-order chi connectivity index (χ0) is 20.7. The van der Waals surface area contributed by atoms with Crippen LogP contribution in [0.5, 0.6) is 0 Å². The molecule has 0 amide bonds. The molecule has 9 heteroatoms. The van der Waals surface area contributed by atoms with Gasteiger partial charge in [-0.05, 0) is 25.2 Å². The van der Waals surface area contributed by atoms with Gasteiger partial charge >= 0.3 is 0 Å². The standard InChI is InChI=1S/C20H26N4O4S/c1-3-27-18(24-19(21)29-2)17-22-11-16(23-17)20(25)10-9-15(28-20)13-26-12-14-7-5-4-6-8-14/h4-8,11,15,21,25H,3,9-10,12-13H2,1-2H3,(H,22,23)/t15-,20+/m0/s1. The summed E-state index contributed by atoms with van der Waals surface area (Å²) < 4.78 is 17.1. The van der Waals surface area contributed by atoms with Crippen molar-refractivity contribution in [3.05, 3.63) is 53.6 Å². The van der Waals surface area contributed by atoms with Gasteiger partial charge in [-0.2, -0.15) is 4.99 Å².